The summed E-state index contributed by atoms with van der Waals surface area (Å²) in [5, 5.41) is 0. The molecule has 4 nitrogen and oxygen atoms in total. The predicted octanol–water partition coefficient (Wildman–Crippen LogP) is 4.56. The van der Waals surface area contributed by atoms with E-state index in [1.807, 2.05) is 30.3 Å². The zero-order valence-corrected chi connectivity index (χ0v) is 16.1. The van der Waals surface area contributed by atoms with Crippen LogP contribution in [0.1, 0.15) is 45.1 Å². The zero-order valence-electron chi connectivity index (χ0n) is 16.1. The Balaban J connectivity index is 2.09. The number of benzene rings is 1. The van der Waals surface area contributed by atoms with Crippen molar-refractivity contribution in [3.63, 3.8) is 0 Å². The van der Waals surface area contributed by atoms with E-state index in [2.05, 4.69) is 18.2 Å². The molecule has 0 bridgehead atoms. The molecule has 0 aromatic heterocycles. The molecule has 1 aromatic carbocycles. The van der Waals surface area contributed by atoms with Gasteiger partial charge in [0.25, 0.3) is 0 Å². The van der Waals surface area contributed by atoms with Gasteiger partial charge in [0.05, 0.1) is 13.2 Å². The standard InChI is InChI=1S/C23H28O4/c1-3-26-21(24)23(22(25)27-4-2)16-18(15-17-11-7-5-8-12-17)19-13-9-6-10-14-20(19)23/h5,7-9,11-13,15,19-20H,3-4,6,10,14,16H2,1-2H3/b18-15+/t19-,20+/m0/s1. The van der Waals surface area contributed by atoms with Gasteiger partial charge in [0.2, 0.25) is 0 Å². The van der Waals surface area contributed by atoms with Crippen LogP contribution in [0, 0.1) is 17.3 Å². The van der Waals surface area contributed by atoms with Crippen LogP contribution in [0.25, 0.3) is 6.08 Å². The molecule has 1 aromatic rings. The third-order valence-electron chi connectivity index (χ3n) is 5.64. The van der Waals surface area contributed by atoms with Crippen LogP contribution in [0.15, 0.2) is 48.1 Å². The van der Waals surface area contributed by atoms with E-state index >= 15 is 0 Å². The number of ether oxygens (including phenoxy) is 2. The Morgan fingerprint density at radius 2 is 1.78 bits per heavy atom. The maximum absolute atomic E-state index is 13.1. The maximum Gasteiger partial charge on any atom is 0.324 e. The molecular formula is C23H28O4. The number of allylic oxidation sites excluding steroid dienone is 3. The molecule has 2 aliphatic rings. The summed E-state index contributed by atoms with van der Waals surface area (Å²) in [6.45, 7) is 4.06. The fraction of sp³-hybridized carbons (Fsp3) is 0.478. The highest BCUT2D eigenvalue weighted by molar-refractivity contribution is 6.02. The van der Waals surface area contributed by atoms with Crippen LogP contribution in [0.5, 0.6) is 0 Å². The van der Waals surface area contributed by atoms with Crippen molar-refractivity contribution in [1.82, 2.24) is 0 Å². The third kappa shape index (κ3) is 3.71. The fourth-order valence-electron chi connectivity index (χ4n) is 4.48. The van der Waals surface area contributed by atoms with Gasteiger partial charge >= 0.3 is 11.9 Å². The van der Waals surface area contributed by atoms with E-state index in [-0.39, 0.29) is 25.0 Å². The first-order valence-corrected chi connectivity index (χ1v) is 9.90. The molecule has 0 N–H and O–H groups in total. The van der Waals surface area contributed by atoms with Gasteiger partial charge in [0.1, 0.15) is 0 Å². The molecule has 0 aliphatic heterocycles. The SMILES string of the molecule is CCOC(=O)C1(C(=O)OCC)C/C(=C\c2ccccc2)[C@@H]2C=CCCC[C@H]21. The number of carbonyl (C=O) groups excluding carboxylic acids is 2. The molecule has 0 spiro atoms. The molecular weight excluding hydrogens is 340 g/mol. The lowest BCUT2D eigenvalue weighted by Crippen LogP contribution is -2.46. The Morgan fingerprint density at radius 3 is 2.41 bits per heavy atom. The highest BCUT2D eigenvalue weighted by atomic mass is 16.6. The minimum atomic E-state index is -1.24. The Hall–Kier alpha value is -2.36. The van der Waals surface area contributed by atoms with Crippen LogP contribution in [0.4, 0.5) is 0 Å². The lowest BCUT2D eigenvalue weighted by molar-refractivity contribution is -0.175. The summed E-state index contributed by atoms with van der Waals surface area (Å²) in [6, 6.07) is 10.0. The second-order valence-corrected chi connectivity index (χ2v) is 7.21. The first kappa shape index (κ1) is 19.4. The van der Waals surface area contributed by atoms with E-state index in [4.69, 9.17) is 9.47 Å². The largest absolute Gasteiger partial charge is 0.465 e. The first-order chi connectivity index (χ1) is 13.1. The molecule has 4 heteroatoms. The van der Waals surface area contributed by atoms with Gasteiger partial charge < -0.3 is 9.47 Å². The first-order valence-electron chi connectivity index (χ1n) is 9.90. The molecule has 0 heterocycles. The van der Waals surface area contributed by atoms with Gasteiger partial charge in [-0.15, -0.1) is 0 Å². The van der Waals surface area contributed by atoms with E-state index in [0.717, 1.165) is 30.4 Å². The maximum atomic E-state index is 13.1. The summed E-state index contributed by atoms with van der Waals surface area (Å²) in [5.41, 5.74) is 0.935. The Bertz CT molecular complexity index is 714. The normalized spacial score (nSPS) is 24.9. The van der Waals surface area contributed by atoms with Gasteiger partial charge in [-0.2, -0.15) is 0 Å². The van der Waals surface area contributed by atoms with Crippen LogP contribution < -0.4 is 0 Å². The van der Waals surface area contributed by atoms with Gasteiger partial charge in [-0.25, -0.2) is 0 Å². The number of hydrogen-bond acceptors (Lipinski definition) is 4. The van der Waals surface area contributed by atoms with E-state index in [1.54, 1.807) is 13.8 Å². The van der Waals surface area contributed by atoms with E-state index in [0.29, 0.717) is 6.42 Å². The van der Waals surface area contributed by atoms with Crippen molar-refractivity contribution >= 4 is 18.0 Å². The number of esters is 2. The van der Waals surface area contributed by atoms with Crippen molar-refractivity contribution in [3.05, 3.63) is 53.6 Å². The zero-order chi connectivity index (χ0) is 19.3. The van der Waals surface area contributed by atoms with Crippen LogP contribution >= 0.6 is 0 Å². The Morgan fingerprint density at radius 1 is 1.11 bits per heavy atom. The molecule has 144 valence electrons. The summed E-state index contributed by atoms with van der Waals surface area (Å²) in [5.74, 6) is -0.943. The quantitative estimate of drug-likeness (QED) is 0.434. The average molecular weight is 368 g/mol. The summed E-state index contributed by atoms with van der Waals surface area (Å²) >= 11 is 0. The molecule has 1 fully saturated rings. The van der Waals surface area contributed by atoms with Crippen molar-refractivity contribution in [2.45, 2.75) is 39.5 Å². The van der Waals surface area contributed by atoms with Crippen molar-refractivity contribution in [2.24, 2.45) is 17.3 Å². The summed E-state index contributed by atoms with van der Waals surface area (Å²) < 4.78 is 10.8. The molecule has 0 saturated heterocycles. The van der Waals surface area contributed by atoms with Crippen molar-refractivity contribution in [1.29, 1.82) is 0 Å². The smallest absolute Gasteiger partial charge is 0.324 e. The van der Waals surface area contributed by atoms with Crippen LogP contribution in [0.2, 0.25) is 0 Å². The van der Waals surface area contributed by atoms with Gasteiger partial charge in [0, 0.05) is 5.92 Å². The second kappa shape index (κ2) is 8.55. The number of fused-ring (bicyclic) bond motifs is 1. The number of carbonyl (C=O) groups is 2. The minimum absolute atomic E-state index is 0.0570. The predicted molar refractivity (Wildman–Crippen MR) is 105 cm³/mol. The van der Waals surface area contributed by atoms with Crippen LogP contribution in [0.3, 0.4) is 0 Å². The molecule has 0 radical (unpaired) electrons. The topological polar surface area (TPSA) is 52.6 Å². The average Bonchev–Trinajstić information content (AvgIpc) is 2.82. The highest BCUT2D eigenvalue weighted by Crippen LogP contribution is 2.55. The van der Waals surface area contributed by atoms with Crippen molar-refractivity contribution < 1.29 is 19.1 Å². The molecule has 0 amide bonds. The van der Waals surface area contributed by atoms with Crippen molar-refractivity contribution in [3.8, 4) is 0 Å². The molecule has 0 unspecified atom stereocenters. The van der Waals surface area contributed by atoms with Gasteiger partial charge in [-0.05, 0) is 51.0 Å². The summed E-state index contributed by atoms with van der Waals surface area (Å²) in [7, 11) is 0. The number of rotatable bonds is 5. The van der Waals surface area contributed by atoms with Crippen molar-refractivity contribution in [2.75, 3.05) is 13.2 Å². The van der Waals surface area contributed by atoms with E-state index in [9.17, 15) is 9.59 Å². The fourth-order valence-corrected chi connectivity index (χ4v) is 4.48. The van der Waals surface area contributed by atoms with E-state index < -0.39 is 17.4 Å². The molecule has 1 saturated carbocycles. The van der Waals surface area contributed by atoms with Crippen LogP contribution in [-0.2, 0) is 19.1 Å². The second-order valence-electron chi connectivity index (χ2n) is 7.21. The van der Waals surface area contributed by atoms with Crippen LogP contribution in [-0.4, -0.2) is 25.2 Å². The molecule has 2 aliphatic carbocycles. The van der Waals surface area contributed by atoms with Gasteiger partial charge in [-0.3, -0.25) is 9.59 Å². The molecule has 3 rings (SSSR count). The van der Waals surface area contributed by atoms with Gasteiger partial charge in [-0.1, -0.05) is 54.1 Å². The minimum Gasteiger partial charge on any atom is -0.465 e. The highest BCUT2D eigenvalue weighted by Gasteiger charge is 2.61. The van der Waals surface area contributed by atoms with E-state index in [1.165, 1.54) is 0 Å². The number of hydrogen-bond donors (Lipinski definition) is 0. The molecule has 2 atom stereocenters. The summed E-state index contributed by atoms with van der Waals surface area (Å²) in [4.78, 5) is 26.1. The Labute approximate surface area is 161 Å². The summed E-state index contributed by atoms with van der Waals surface area (Å²) in [6.07, 6.45) is 9.56. The lowest BCUT2D eigenvalue weighted by Gasteiger charge is -2.31. The Kier molecular flexibility index (Phi) is 6.15. The monoisotopic (exact) mass is 368 g/mol. The molecule has 27 heavy (non-hydrogen) atoms. The van der Waals surface area contributed by atoms with Gasteiger partial charge in [0.15, 0.2) is 5.41 Å². The third-order valence-corrected chi connectivity index (χ3v) is 5.64. The lowest BCUT2D eigenvalue weighted by atomic mass is 9.73.